The van der Waals surface area contributed by atoms with Crippen molar-refractivity contribution in [3.8, 4) is 0 Å². The van der Waals surface area contributed by atoms with E-state index in [2.05, 4.69) is 0 Å². The summed E-state index contributed by atoms with van der Waals surface area (Å²) in [6.07, 6.45) is 0.775. The van der Waals surface area contributed by atoms with Crippen LogP contribution >= 0.6 is 0 Å². The Bertz CT molecular complexity index is 561. The molecule has 0 aliphatic carbocycles. The molecular formula is C15H12O3. The molecule has 0 aliphatic heterocycles. The molecule has 0 amide bonds. The molecule has 2 rings (SSSR count). The topological polar surface area (TPSA) is 54.4 Å². The van der Waals surface area contributed by atoms with Crippen LogP contribution < -0.4 is 0 Å². The Morgan fingerprint density at radius 3 is 2.22 bits per heavy atom. The number of benzene rings is 2. The molecule has 1 unspecified atom stereocenters. The number of hydrogen-bond acceptors (Lipinski definition) is 2. The van der Waals surface area contributed by atoms with Crippen LogP contribution in [0.25, 0.3) is 0 Å². The number of hydrogen-bond donors (Lipinski definition) is 1. The summed E-state index contributed by atoms with van der Waals surface area (Å²) >= 11 is 0. The molecule has 0 aliphatic rings. The quantitative estimate of drug-likeness (QED) is 0.836. The van der Waals surface area contributed by atoms with Crippen molar-refractivity contribution in [3.05, 3.63) is 71.3 Å². The van der Waals surface area contributed by atoms with E-state index < -0.39 is 11.9 Å². The maximum absolute atomic E-state index is 11.3. The highest BCUT2D eigenvalue weighted by atomic mass is 16.4. The molecule has 0 radical (unpaired) electrons. The summed E-state index contributed by atoms with van der Waals surface area (Å²) in [5.74, 6) is -1.56. The van der Waals surface area contributed by atoms with Gasteiger partial charge < -0.3 is 9.90 Å². The maximum Gasteiger partial charge on any atom is 0.335 e. The van der Waals surface area contributed by atoms with Gasteiger partial charge in [0.25, 0.3) is 0 Å². The third-order valence-electron chi connectivity index (χ3n) is 2.82. The molecule has 0 heterocycles. The fraction of sp³-hybridized carbons (Fsp3) is 0.0667. The van der Waals surface area contributed by atoms with E-state index in [1.165, 1.54) is 6.07 Å². The second kappa shape index (κ2) is 5.27. The summed E-state index contributed by atoms with van der Waals surface area (Å²) in [5, 5.41) is 9.14. The van der Waals surface area contributed by atoms with E-state index in [1.54, 1.807) is 18.2 Å². The van der Waals surface area contributed by atoms with Gasteiger partial charge in [0, 0.05) is 0 Å². The molecule has 2 aromatic rings. The fourth-order valence-corrected chi connectivity index (χ4v) is 1.95. The molecular weight excluding hydrogens is 228 g/mol. The molecule has 1 N–H and O–H groups in total. The first-order valence-electron chi connectivity index (χ1n) is 5.56. The van der Waals surface area contributed by atoms with Crippen molar-refractivity contribution >= 4 is 12.3 Å². The zero-order valence-electron chi connectivity index (χ0n) is 9.61. The van der Waals surface area contributed by atoms with Crippen LogP contribution in [0, 0.1) is 0 Å². The van der Waals surface area contributed by atoms with E-state index in [0.717, 1.165) is 11.8 Å². The molecule has 0 fully saturated rings. The Balaban J connectivity index is 2.52. The minimum absolute atomic E-state index is 0.165. The monoisotopic (exact) mass is 240 g/mol. The largest absolute Gasteiger partial charge is 0.478 e. The van der Waals surface area contributed by atoms with Crippen molar-refractivity contribution < 1.29 is 14.7 Å². The maximum atomic E-state index is 11.3. The first kappa shape index (κ1) is 12.0. The number of rotatable bonds is 4. The fourth-order valence-electron chi connectivity index (χ4n) is 1.95. The Morgan fingerprint density at radius 2 is 1.61 bits per heavy atom. The predicted octanol–water partition coefficient (Wildman–Crippen LogP) is 2.72. The molecule has 0 bridgehead atoms. The minimum atomic E-state index is -1.02. The molecule has 0 aromatic heterocycles. The van der Waals surface area contributed by atoms with Crippen LogP contribution in [0.5, 0.6) is 0 Å². The van der Waals surface area contributed by atoms with Crippen LogP contribution in [0.1, 0.15) is 27.4 Å². The predicted molar refractivity (Wildman–Crippen MR) is 67.8 cm³/mol. The van der Waals surface area contributed by atoms with E-state index >= 15 is 0 Å². The minimum Gasteiger partial charge on any atom is -0.478 e. The van der Waals surface area contributed by atoms with Gasteiger partial charge in [0.15, 0.2) is 0 Å². The summed E-state index contributed by atoms with van der Waals surface area (Å²) in [6, 6.07) is 15.7. The van der Waals surface area contributed by atoms with Gasteiger partial charge in [-0.1, -0.05) is 48.5 Å². The number of carbonyl (C=O) groups is 2. The zero-order chi connectivity index (χ0) is 13.0. The normalized spacial score (nSPS) is 11.8. The SMILES string of the molecule is O=CC(c1ccccc1)c1ccccc1C(=O)O. The average Bonchev–Trinajstić information content (AvgIpc) is 2.41. The molecule has 0 saturated heterocycles. The van der Waals surface area contributed by atoms with Gasteiger partial charge in [0.05, 0.1) is 11.5 Å². The average molecular weight is 240 g/mol. The Morgan fingerprint density at radius 1 is 1.00 bits per heavy atom. The summed E-state index contributed by atoms with van der Waals surface area (Å²) < 4.78 is 0. The molecule has 3 nitrogen and oxygen atoms in total. The third-order valence-corrected chi connectivity index (χ3v) is 2.82. The lowest BCUT2D eigenvalue weighted by Gasteiger charge is -2.13. The van der Waals surface area contributed by atoms with Crippen LogP contribution in [-0.4, -0.2) is 17.4 Å². The highest BCUT2D eigenvalue weighted by Gasteiger charge is 2.19. The highest BCUT2D eigenvalue weighted by Crippen LogP contribution is 2.25. The van der Waals surface area contributed by atoms with Crippen molar-refractivity contribution in [1.82, 2.24) is 0 Å². The van der Waals surface area contributed by atoms with Crippen LogP contribution in [0.4, 0.5) is 0 Å². The lowest BCUT2D eigenvalue weighted by molar-refractivity contribution is -0.108. The number of carboxylic acid groups (broad SMARTS) is 1. The van der Waals surface area contributed by atoms with Gasteiger partial charge in [0.1, 0.15) is 6.29 Å². The van der Waals surface area contributed by atoms with Crippen molar-refractivity contribution in [2.45, 2.75) is 5.92 Å². The summed E-state index contributed by atoms with van der Waals surface area (Å²) in [4.78, 5) is 22.4. The van der Waals surface area contributed by atoms with Crippen LogP contribution in [0.2, 0.25) is 0 Å². The molecule has 0 saturated carbocycles. The summed E-state index contributed by atoms with van der Waals surface area (Å²) in [5.41, 5.74) is 1.48. The van der Waals surface area contributed by atoms with Gasteiger partial charge in [-0.05, 0) is 17.2 Å². The molecule has 90 valence electrons. The van der Waals surface area contributed by atoms with Crippen LogP contribution in [0.15, 0.2) is 54.6 Å². The molecule has 0 spiro atoms. The number of carbonyl (C=O) groups excluding carboxylic acids is 1. The first-order valence-corrected chi connectivity index (χ1v) is 5.56. The Kier molecular flexibility index (Phi) is 3.53. The highest BCUT2D eigenvalue weighted by molar-refractivity contribution is 5.91. The lowest BCUT2D eigenvalue weighted by Crippen LogP contribution is -2.09. The second-order valence-electron chi connectivity index (χ2n) is 3.92. The zero-order valence-corrected chi connectivity index (χ0v) is 9.61. The second-order valence-corrected chi connectivity index (χ2v) is 3.92. The number of aromatic carboxylic acids is 1. The Labute approximate surface area is 105 Å². The van der Waals surface area contributed by atoms with Gasteiger partial charge in [-0.25, -0.2) is 4.79 Å². The van der Waals surface area contributed by atoms with Crippen molar-refractivity contribution in [2.75, 3.05) is 0 Å². The smallest absolute Gasteiger partial charge is 0.335 e. The van der Waals surface area contributed by atoms with E-state index in [4.69, 9.17) is 5.11 Å². The molecule has 1 atom stereocenters. The van der Waals surface area contributed by atoms with E-state index in [-0.39, 0.29) is 5.56 Å². The van der Waals surface area contributed by atoms with Crippen molar-refractivity contribution in [3.63, 3.8) is 0 Å². The third kappa shape index (κ3) is 2.30. The van der Waals surface area contributed by atoms with Gasteiger partial charge in [-0.3, -0.25) is 0 Å². The summed E-state index contributed by atoms with van der Waals surface area (Å²) in [7, 11) is 0. The van der Waals surface area contributed by atoms with E-state index in [1.807, 2.05) is 30.3 Å². The lowest BCUT2D eigenvalue weighted by atomic mass is 9.89. The van der Waals surface area contributed by atoms with Crippen molar-refractivity contribution in [2.24, 2.45) is 0 Å². The van der Waals surface area contributed by atoms with Crippen LogP contribution in [0.3, 0.4) is 0 Å². The molecule has 3 heteroatoms. The van der Waals surface area contributed by atoms with Crippen LogP contribution in [-0.2, 0) is 4.79 Å². The van der Waals surface area contributed by atoms with E-state index in [9.17, 15) is 9.59 Å². The van der Waals surface area contributed by atoms with Crippen molar-refractivity contribution in [1.29, 1.82) is 0 Å². The van der Waals surface area contributed by atoms with Gasteiger partial charge >= 0.3 is 5.97 Å². The molecule has 18 heavy (non-hydrogen) atoms. The standard InChI is InChI=1S/C15H12O3/c16-10-14(11-6-2-1-3-7-11)12-8-4-5-9-13(12)15(17)18/h1-10,14H,(H,17,18). The Hall–Kier alpha value is -2.42. The van der Waals surface area contributed by atoms with E-state index in [0.29, 0.717) is 5.56 Å². The number of aldehydes is 1. The van der Waals surface area contributed by atoms with Gasteiger partial charge in [-0.2, -0.15) is 0 Å². The van der Waals surface area contributed by atoms with Gasteiger partial charge in [-0.15, -0.1) is 0 Å². The van der Waals surface area contributed by atoms with Gasteiger partial charge in [0.2, 0.25) is 0 Å². The first-order chi connectivity index (χ1) is 8.74. The summed E-state index contributed by atoms with van der Waals surface area (Å²) in [6.45, 7) is 0. The molecule has 2 aromatic carbocycles. The number of carboxylic acids is 1.